The highest BCUT2D eigenvalue weighted by atomic mass is 16.5. The highest BCUT2D eigenvalue weighted by Crippen LogP contribution is 2.33. The van der Waals surface area contributed by atoms with Crippen LogP contribution < -0.4 is 15.0 Å². The molecule has 0 radical (unpaired) electrons. The van der Waals surface area contributed by atoms with Crippen molar-refractivity contribution in [2.24, 2.45) is 0 Å². The normalized spacial score (nSPS) is 17.0. The number of hydrogen-bond donors (Lipinski definition) is 2. The van der Waals surface area contributed by atoms with Gasteiger partial charge in [-0.1, -0.05) is 0 Å². The van der Waals surface area contributed by atoms with Crippen LogP contribution in [0, 0.1) is 0 Å². The molecule has 34 heavy (non-hydrogen) atoms. The number of morpholine rings is 1. The summed E-state index contributed by atoms with van der Waals surface area (Å²) in [5.74, 6) is 1.29. The van der Waals surface area contributed by atoms with Gasteiger partial charge in [0.1, 0.15) is 18.1 Å². The standard InChI is InChI=1S/C25H31N5O4/c31-25(24-7-6-23(34-24)19-17-26-27-18-19)28-21-16-20(33-15-12-29-10-13-32-14-11-29)4-5-22(21)30-8-2-1-3-9-30/h4-7,16-18H,1-3,8-15H2,(H,26,27)(H,28,31). The van der Waals surface area contributed by atoms with Crippen LogP contribution in [0.25, 0.3) is 11.3 Å². The van der Waals surface area contributed by atoms with Gasteiger partial charge in [-0.15, -0.1) is 0 Å². The molecule has 0 aliphatic carbocycles. The molecule has 2 fully saturated rings. The van der Waals surface area contributed by atoms with Crippen LogP contribution in [-0.4, -0.2) is 73.5 Å². The molecule has 9 heteroatoms. The molecule has 2 aromatic heterocycles. The van der Waals surface area contributed by atoms with Gasteiger partial charge in [-0.2, -0.15) is 5.10 Å². The zero-order valence-electron chi connectivity index (χ0n) is 19.3. The Kier molecular flexibility index (Phi) is 7.11. The molecule has 0 unspecified atom stereocenters. The van der Waals surface area contributed by atoms with Crippen LogP contribution >= 0.6 is 0 Å². The van der Waals surface area contributed by atoms with E-state index in [1.165, 1.54) is 6.42 Å². The molecule has 4 heterocycles. The van der Waals surface area contributed by atoms with E-state index < -0.39 is 0 Å². The van der Waals surface area contributed by atoms with Crippen molar-refractivity contribution in [2.45, 2.75) is 19.3 Å². The number of amides is 1. The molecule has 0 bridgehead atoms. The van der Waals surface area contributed by atoms with Crippen molar-refractivity contribution in [3.8, 4) is 17.1 Å². The van der Waals surface area contributed by atoms with E-state index in [0.717, 1.165) is 81.5 Å². The van der Waals surface area contributed by atoms with Crippen molar-refractivity contribution in [2.75, 3.05) is 62.8 Å². The second-order valence-corrected chi connectivity index (χ2v) is 8.63. The smallest absolute Gasteiger partial charge is 0.291 e. The predicted octanol–water partition coefficient (Wildman–Crippen LogP) is 3.62. The third-order valence-corrected chi connectivity index (χ3v) is 6.31. The number of carbonyl (C=O) groups excluding carboxylic acids is 1. The second kappa shape index (κ2) is 10.8. The fourth-order valence-corrected chi connectivity index (χ4v) is 4.42. The van der Waals surface area contributed by atoms with E-state index in [0.29, 0.717) is 12.4 Å². The molecule has 2 N–H and O–H groups in total. The first kappa shape index (κ1) is 22.5. The third kappa shape index (κ3) is 5.43. The number of rotatable bonds is 8. The summed E-state index contributed by atoms with van der Waals surface area (Å²) in [5, 5.41) is 9.75. The molecule has 3 aromatic rings. The molecule has 180 valence electrons. The number of nitrogens with zero attached hydrogens (tertiary/aromatic N) is 3. The Labute approximate surface area is 199 Å². The summed E-state index contributed by atoms with van der Waals surface area (Å²) in [4.78, 5) is 17.7. The fraction of sp³-hybridized carbons (Fsp3) is 0.440. The van der Waals surface area contributed by atoms with Gasteiger partial charge in [-0.05, 0) is 43.5 Å². The Morgan fingerprint density at radius 1 is 1.09 bits per heavy atom. The van der Waals surface area contributed by atoms with E-state index in [2.05, 4.69) is 25.3 Å². The van der Waals surface area contributed by atoms with Gasteiger partial charge in [0.15, 0.2) is 5.76 Å². The lowest BCUT2D eigenvalue weighted by Crippen LogP contribution is -2.38. The van der Waals surface area contributed by atoms with Gasteiger partial charge < -0.3 is 24.1 Å². The number of aromatic amines is 1. The predicted molar refractivity (Wildman–Crippen MR) is 130 cm³/mol. The van der Waals surface area contributed by atoms with Gasteiger partial charge in [-0.25, -0.2) is 0 Å². The molecule has 1 aromatic carbocycles. The highest BCUT2D eigenvalue weighted by molar-refractivity contribution is 6.04. The molecular weight excluding hydrogens is 434 g/mol. The number of aromatic nitrogens is 2. The lowest BCUT2D eigenvalue weighted by atomic mass is 10.1. The number of nitrogens with one attached hydrogen (secondary N) is 2. The Bertz CT molecular complexity index is 1070. The maximum absolute atomic E-state index is 13.1. The zero-order valence-corrected chi connectivity index (χ0v) is 19.3. The first-order chi connectivity index (χ1) is 16.8. The quantitative estimate of drug-likeness (QED) is 0.525. The number of carbonyl (C=O) groups is 1. The average molecular weight is 466 g/mol. The molecule has 2 aliphatic rings. The van der Waals surface area contributed by atoms with Gasteiger partial charge >= 0.3 is 0 Å². The largest absolute Gasteiger partial charge is 0.492 e. The van der Waals surface area contributed by atoms with Crippen LogP contribution in [0.3, 0.4) is 0 Å². The summed E-state index contributed by atoms with van der Waals surface area (Å²) < 4.78 is 17.2. The number of piperidine rings is 1. The monoisotopic (exact) mass is 465 g/mol. The minimum absolute atomic E-state index is 0.249. The molecule has 5 rings (SSSR count). The van der Waals surface area contributed by atoms with Crippen molar-refractivity contribution >= 4 is 17.3 Å². The van der Waals surface area contributed by atoms with Crippen LogP contribution in [0.2, 0.25) is 0 Å². The Morgan fingerprint density at radius 3 is 2.74 bits per heavy atom. The summed E-state index contributed by atoms with van der Waals surface area (Å²) in [6.45, 7) is 6.80. The van der Waals surface area contributed by atoms with Crippen LogP contribution in [0.5, 0.6) is 5.75 Å². The first-order valence-corrected chi connectivity index (χ1v) is 12.0. The third-order valence-electron chi connectivity index (χ3n) is 6.31. The molecule has 9 nitrogen and oxygen atoms in total. The van der Waals surface area contributed by atoms with Crippen molar-refractivity contribution in [3.63, 3.8) is 0 Å². The summed E-state index contributed by atoms with van der Waals surface area (Å²) >= 11 is 0. The van der Waals surface area contributed by atoms with Crippen LogP contribution in [-0.2, 0) is 4.74 Å². The van der Waals surface area contributed by atoms with E-state index >= 15 is 0 Å². The average Bonchev–Trinajstić information content (AvgIpc) is 3.58. The topological polar surface area (TPSA) is 95.9 Å². The van der Waals surface area contributed by atoms with Crippen molar-refractivity contribution < 1.29 is 18.7 Å². The molecule has 0 atom stereocenters. The Hall–Kier alpha value is -3.30. The minimum atomic E-state index is -0.293. The van der Waals surface area contributed by atoms with Crippen molar-refractivity contribution in [3.05, 3.63) is 48.5 Å². The first-order valence-electron chi connectivity index (χ1n) is 12.0. The van der Waals surface area contributed by atoms with Crippen molar-refractivity contribution in [1.29, 1.82) is 0 Å². The van der Waals surface area contributed by atoms with Crippen LogP contribution in [0.4, 0.5) is 11.4 Å². The molecular formula is C25H31N5O4. The lowest BCUT2D eigenvalue weighted by molar-refractivity contribution is 0.0322. The number of anilines is 2. The summed E-state index contributed by atoms with van der Waals surface area (Å²) in [5.41, 5.74) is 2.54. The van der Waals surface area contributed by atoms with Crippen LogP contribution in [0.15, 0.2) is 47.1 Å². The van der Waals surface area contributed by atoms with Crippen molar-refractivity contribution in [1.82, 2.24) is 15.1 Å². The molecule has 0 spiro atoms. The summed E-state index contributed by atoms with van der Waals surface area (Å²) in [7, 11) is 0. The van der Waals surface area contributed by atoms with E-state index in [-0.39, 0.29) is 11.7 Å². The van der Waals surface area contributed by atoms with Gasteiger partial charge in [-0.3, -0.25) is 14.8 Å². The van der Waals surface area contributed by atoms with Gasteiger partial charge in [0, 0.05) is 45.0 Å². The summed E-state index contributed by atoms with van der Waals surface area (Å²) in [6.07, 6.45) is 6.93. The summed E-state index contributed by atoms with van der Waals surface area (Å²) in [6, 6.07) is 9.41. The maximum atomic E-state index is 13.1. The minimum Gasteiger partial charge on any atom is -0.492 e. The zero-order chi connectivity index (χ0) is 23.2. The van der Waals surface area contributed by atoms with E-state index in [9.17, 15) is 4.79 Å². The highest BCUT2D eigenvalue weighted by Gasteiger charge is 2.19. The fourth-order valence-electron chi connectivity index (χ4n) is 4.42. The Balaban J connectivity index is 1.30. The SMILES string of the molecule is O=C(Nc1cc(OCCN2CCOCC2)ccc1N1CCCCC1)c1ccc(-c2cn[nH]c2)o1. The van der Waals surface area contributed by atoms with E-state index in [1.54, 1.807) is 24.5 Å². The van der Waals surface area contributed by atoms with Gasteiger partial charge in [0.05, 0.1) is 36.3 Å². The number of ether oxygens (including phenoxy) is 2. The number of furan rings is 1. The number of hydrogen-bond acceptors (Lipinski definition) is 7. The lowest BCUT2D eigenvalue weighted by Gasteiger charge is -2.31. The molecule has 2 saturated heterocycles. The van der Waals surface area contributed by atoms with Gasteiger partial charge in [0.25, 0.3) is 5.91 Å². The second-order valence-electron chi connectivity index (χ2n) is 8.63. The number of H-pyrrole nitrogens is 1. The van der Waals surface area contributed by atoms with Crippen LogP contribution in [0.1, 0.15) is 29.8 Å². The maximum Gasteiger partial charge on any atom is 0.291 e. The van der Waals surface area contributed by atoms with E-state index in [4.69, 9.17) is 13.9 Å². The van der Waals surface area contributed by atoms with Gasteiger partial charge in [0.2, 0.25) is 0 Å². The Morgan fingerprint density at radius 2 is 1.94 bits per heavy atom. The molecule has 1 amide bonds. The molecule has 0 saturated carbocycles. The number of benzene rings is 1. The molecule has 2 aliphatic heterocycles. The van der Waals surface area contributed by atoms with E-state index in [1.807, 2.05) is 18.2 Å².